The normalized spacial score (nSPS) is 12.4. The highest BCUT2D eigenvalue weighted by molar-refractivity contribution is 9.10. The zero-order chi connectivity index (χ0) is 10.7. The summed E-state index contributed by atoms with van der Waals surface area (Å²) in [7, 11) is 0. The van der Waals surface area contributed by atoms with Crippen LogP contribution in [0.4, 0.5) is 5.82 Å². The average molecular weight is 269 g/mol. The summed E-state index contributed by atoms with van der Waals surface area (Å²) in [5.41, 5.74) is 0. The highest BCUT2D eigenvalue weighted by atomic mass is 79.9. The summed E-state index contributed by atoms with van der Waals surface area (Å²) in [5.74, 6) is 1.37. The Hall–Kier alpha value is -1.50. The van der Waals surface area contributed by atoms with Gasteiger partial charge in [-0.3, -0.25) is 0 Å². The van der Waals surface area contributed by atoms with Gasteiger partial charge in [0.15, 0.2) is 5.82 Å². The van der Waals surface area contributed by atoms with E-state index in [-0.39, 0.29) is 6.04 Å². The fraction of sp³-hybridized carbons (Fsp3) is 0.250. The highest BCUT2D eigenvalue weighted by Gasteiger charge is 2.10. The minimum Gasteiger partial charge on any atom is -0.360 e. The Morgan fingerprint density at radius 1 is 1.47 bits per heavy atom. The summed E-state index contributed by atoms with van der Waals surface area (Å²) in [5, 5.41) is 16.8. The molecule has 2 N–H and O–H groups in total. The number of pyridine rings is 1. The van der Waals surface area contributed by atoms with Crippen molar-refractivity contribution < 1.29 is 0 Å². The second kappa shape index (κ2) is 4.35. The summed E-state index contributed by atoms with van der Waals surface area (Å²) >= 11 is 3.30. The van der Waals surface area contributed by atoms with E-state index in [0.29, 0.717) is 5.82 Å². The van der Waals surface area contributed by atoms with Crippen LogP contribution in [-0.2, 0) is 0 Å². The van der Waals surface area contributed by atoms with Gasteiger partial charge in [-0.05, 0) is 35.0 Å². The van der Waals surface area contributed by atoms with Crippen molar-refractivity contribution in [3.8, 4) is 0 Å². The second-order valence-corrected chi connectivity index (χ2v) is 3.79. The van der Waals surface area contributed by atoms with Gasteiger partial charge in [-0.15, -0.1) is 10.2 Å². The van der Waals surface area contributed by atoms with Crippen molar-refractivity contribution in [2.75, 3.05) is 5.32 Å². The Morgan fingerprint density at radius 3 is 3.00 bits per heavy atom. The number of nitrogens with zero attached hydrogens (tertiary/aromatic N) is 4. The molecule has 0 aliphatic heterocycles. The fourth-order valence-corrected chi connectivity index (χ4v) is 1.47. The third kappa shape index (κ3) is 2.50. The van der Waals surface area contributed by atoms with Crippen LogP contribution in [0.5, 0.6) is 0 Å². The summed E-state index contributed by atoms with van der Waals surface area (Å²) < 4.78 is 0.785. The lowest BCUT2D eigenvalue weighted by molar-refractivity contribution is 0.787. The van der Waals surface area contributed by atoms with Crippen molar-refractivity contribution >= 4 is 21.7 Å². The van der Waals surface area contributed by atoms with Gasteiger partial charge < -0.3 is 5.32 Å². The maximum Gasteiger partial charge on any atom is 0.196 e. The monoisotopic (exact) mass is 268 g/mol. The maximum atomic E-state index is 4.24. The lowest BCUT2D eigenvalue weighted by Gasteiger charge is -2.10. The van der Waals surface area contributed by atoms with Gasteiger partial charge in [-0.2, -0.15) is 5.21 Å². The van der Waals surface area contributed by atoms with Gasteiger partial charge in [0.2, 0.25) is 0 Å². The largest absolute Gasteiger partial charge is 0.360 e. The number of nitrogens with one attached hydrogen (secondary N) is 2. The van der Waals surface area contributed by atoms with Crippen LogP contribution in [0.3, 0.4) is 0 Å². The van der Waals surface area contributed by atoms with Crippen LogP contribution in [0.25, 0.3) is 0 Å². The number of tetrazole rings is 1. The van der Waals surface area contributed by atoms with Gasteiger partial charge in [0.25, 0.3) is 0 Å². The molecule has 6 nitrogen and oxygen atoms in total. The average Bonchev–Trinajstić information content (AvgIpc) is 2.70. The minimum absolute atomic E-state index is 0.0365. The van der Waals surface area contributed by atoms with Gasteiger partial charge >= 0.3 is 0 Å². The third-order valence-electron chi connectivity index (χ3n) is 1.83. The minimum atomic E-state index is -0.0365. The summed E-state index contributed by atoms with van der Waals surface area (Å²) in [6, 6.07) is 5.61. The highest BCUT2D eigenvalue weighted by Crippen LogP contribution is 2.15. The smallest absolute Gasteiger partial charge is 0.196 e. The zero-order valence-electron chi connectivity index (χ0n) is 7.98. The van der Waals surface area contributed by atoms with E-state index < -0.39 is 0 Å². The molecule has 15 heavy (non-hydrogen) atoms. The van der Waals surface area contributed by atoms with Crippen molar-refractivity contribution in [2.45, 2.75) is 13.0 Å². The molecule has 1 unspecified atom stereocenters. The molecule has 0 spiro atoms. The van der Waals surface area contributed by atoms with Gasteiger partial charge in [0.05, 0.1) is 6.04 Å². The molecular formula is C8H9BrN6. The van der Waals surface area contributed by atoms with Gasteiger partial charge in [-0.1, -0.05) is 11.3 Å². The molecule has 0 aromatic carbocycles. The predicted octanol–water partition coefficient (Wildman–Crippen LogP) is 1.53. The molecule has 78 valence electrons. The first-order valence-corrected chi connectivity index (χ1v) is 5.17. The van der Waals surface area contributed by atoms with E-state index in [0.717, 1.165) is 10.4 Å². The molecule has 2 rings (SSSR count). The first kappa shape index (κ1) is 10.0. The van der Waals surface area contributed by atoms with E-state index in [2.05, 4.69) is 46.9 Å². The van der Waals surface area contributed by atoms with Crippen LogP contribution >= 0.6 is 15.9 Å². The van der Waals surface area contributed by atoms with Crippen LogP contribution in [0, 0.1) is 0 Å². The number of halogens is 1. The van der Waals surface area contributed by atoms with Crippen molar-refractivity contribution in [3.05, 3.63) is 28.6 Å². The van der Waals surface area contributed by atoms with E-state index in [1.165, 1.54) is 0 Å². The Kier molecular flexibility index (Phi) is 2.91. The standard InChI is InChI=1S/C8H9BrN6/c1-5(8-12-14-15-13-8)10-7-4-2-3-6(9)11-7/h2-5H,1H3,(H,10,11)(H,12,13,14,15). The molecule has 2 aromatic rings. The van der Waals surface area contributed by atoms with Crippen molar-refractivity contribution in [3.63, 3.8) is 0 Å². The number of H-pyrrole nitrogens is 1. The number of hydrogen-bond acceptors (Lipinski definition) is 5. The first-order chi connectivity index (χ1) is 7.25. The van der Waals surface area contributed by atoms with E-state index in [9.17, 15) is 0 Å². The van der Waals surface area contributed by atoms with Crippen LogP contribution in [0.15, 0.2) is 22.8 Å². The van der Waals surface area contributed by atoms with E-state index in [4.69, 9.17) is 0 Å². The molecule has 0 amide bonds. The zero-order valence-corrected chi connectivity index (χ0v) is 9.56. The molecule has 0 saturated carbocycles. The molecule has 2 aromatic heterocycles. The number of aromatic nitrogens is 5. The van der Waals surface area contributed by atoms with Gasteiger partial charge in [0, 0.05) is 0 Å². The van der Waals surface area contributed by atoms with Crippen molar-refractivity contribution in [2.24, 2.45) is 0 Å². The Labute approximate surface area is 94.6 Å². The van der Waals surface area contributed by atoms with Crippen LogP contribution in [0.1, 0.15) is 18.8 Å². The van der Waals surface area contributed by atoms with Crippen LogP contribution < -0.4 is 5.32 Å². The first-order valence-electron chi connectivity index (χ1n) is 4.38. The maximum absolute atomic E-state index is 4.24. The quantitative estimate of drug-likeness (QED) is 0.826. The number of hydrogen-bond donors (Lipinski definition) is 2. The summed E-state index contributed by atoms with van der Waals surface area (Å²) in [4.78, 5) is 4.24. The predicted molar refractivity (Wildman–Crippen MR) is 58.2 cm³/mol. The number of anilines is 1. The molecular weight excluding hydrogens is 260 g/mol. The summed E-state index contributed by atoms with van der Waals surface area (Å²) in [6.07, 6.45) is 0. The molecule has 0 radical (unpaired) electrons. The molecule has 0 bridgehead atoms. The Balaban J connectivity index is 2.09. The van der Waals surface area contributed by atoms with E-state index in [1.807, 2.05) is 25.1 Å². The molecule has 7 heteroatoms. The Morgan fingerprint density at radius 2 is 2.33 bits per heavy atom. The van der Waals surface area contributed by atoms with Crippen molar-refractivity contribution in [1.82, 2.24) is 25.6 Å². The van der Waals surface area contributed by atoms with Crippen molar-refractivity contribution in [1.29, 1.82) is 0 Å². The molecule has 2 heterocycles. The lowest BCUT2D eigenvalue weighted by atomic mass is 10.3. The van der Waals surface area contributed by atoms with E-state index >= 15 is 0 Å². The number of rotatable bonds is 3. The molecule has 1 atom stereocenters. The third-order valence-corrected chi connectivity index (χ3v) is 2.27. The molecule has 0 fully saturated rings. The van der Waals surface area contributed by atoms with Gasteiger partial charge in [-0.25, -0.2) is 4.98 Å². The fourth-order valence-electron chi connectivity index (χ4n) is 1.13. The molecule has 0 aliphatic carbocycles. The summed E-state index contributed by atoms with van der Waals surface area (Å²) in [6.45, 7) is 1.94. The van der Waals surface area contributed by atoms with Gasteiger partial charge in [0.1, 0.15) is 10.4 Å². The number of aromatic amines is 1. The van der Waals surface area contributed by atoms with E-state index in [1.54, 1.807) is 0 Å². The second-order valence-electron chi connectivity index (χ2n) is 2.98. The molecule has 0 saturated heterocycles. The lowest BCUT2D eigenvalue weighted by Crippen LogP contribution is -2.09. The topological polar surface area (TPSA) is 79.4 Å². The van der Waals surface area contributed by atoms with Crippen LogP contribution in [-0.4, -0.2) is 25.6 Å². The molecule has 0 aliphatic rings. The Bertz CT molecular complexity index is 428. The SMILES string of the molecule is CC(Nc1cccc(Br)n1)c1nn[nH]n1. The van der Waals surface area contributed by atoms with Crippen LogP contribution in [0.2, 0.25) is 0 Å².